The van der Waals surface area contributed by atoms with Crippen LogP contribution in [0.4, 0.5) is 0 Å². The van der Waals surface area contributed by atoms with E-state index in [4.69, 9.17) is 5.11 Å². The van der Waals surface area contributed by atoms with Crippen molar-refractivity contribution in [2.45, 2.75) is 12.8 Å². The number of hydrogen-bond acceptors (Lipinski definition) is 3. The molecule has 0 bridgehead atoms. The van der Waals surface area contributed by atoms with E-state index in [0.29, 0.717) is 6.42 Å². The number of carbonyl (C=O) groups excluding carboxylic acids is 1. The van der Waals surface area contributed by atoms with Gasteiger partial charge >= 0.3 is 5.97 Å². The van der Waals surface area contributed by atoms with E-state index in [1.165, 1.54) is 11.3 Å². The van der Waals surface area contributed by atoms with Crippen LogP contribution in [0.25, 0.3) is 6.08 Å². The molecule has 0 aliphatic rings. The normalized spacial score (nSPS) is 10.6. The fourth-order valence-electron chi connectivity index (χ4n) is 0.986. The minimum atomic E-state index is -0.824. The summed E-state index contributed by atoms with van der Waals surface area (Å²) in [6.07, 6.45) is 4.84. The van der Waals surface area contributed by atoms with Gasteiger partial charge in [-0.2, -0.15) is 0 Å². The van der Waals surface area contributed by atoms with E-state index < -0.39 is 5.97 Å². The third-order valence-electron chi connectivity index (χ3n) is 1.54. The highest BCUT2D eigenvalue weighted by Crippen LogP contribution is 2.16. The molecular formula is C10H10O3S. The highest BCUT2D eigenvalue weighted by atomic mass is 32.1. The van der Waals surface area contributed by atoms with Gasteiger partial charge in [-0.1, -0.05) is 12.2 Å². The van der Waals surface area contributed by atoms with Crippen LogP contribution < -0.4 is 0 Å². The number of carbonyl (C=O) groups is 2. The van der Waals surface area contributed by atoms with Crippen molar-refractivity contribution in [1.82, 2.24) is 0 Å². The minimum absolute atomic E-state index is 0.0617. The molecule has 0 fully saturated rings. The molecule has 0 aromatic carbocycles. The summed E-state index contributed by atoms with van der Waals surface area (Å²) in [6, 6.07) is 1.82. The van der Waals surface area contributed by atoms with Gasteiger partial charge in [-0.3, -0.25) is 4.79 Å². The summed E-state index contributed by atoms with van der Waals surface area (Å²) in [5.74, 6) is -0.824. The van der Waals surface area contributed by atoms with Crippen molar-refractivity contribution in [3.05, 3.63) is 28.0 Å². The molecule has 4 heteroatoms. The molecule has 0 aliphatic heterocycles. The van der Waals surface area contributed by atoms with Crippen molar-refractivity contribution in [3.8, 4) is 0 Å². The van der Waals surface area contributed by atoms with Crippen LogP contribution in [0.3, 0.4) is 0 Å². The third kappa shape index (κ3) is 3.53. The molecule has 0 spiro atoms. The van der Waals surface area contributed by atoms with Gasteiger partial charge in [0.1, 0.15) is 6.29 Å². The average molecular weight is 210 g/mol. The van der Waals surface area contributed by atoms with Crippen LogP contribution in [0.15, 0.2) is 17.5 Å². The van der Waals surface area contributed by atoms with E-state index in [0.717, 1.165) is 16.7 Å². The van der Waals surface area contributed by atoms with Crippen LogP contribution in [-0.4, -0.2) is 17.4 Å². The summed E-state index contributed by atoms with van der Waals surface area (Å²) in [6.45, 7) is 0. The second-order valence-corrected chi connectivity index (χ2v) is 3.72. The zero-order valence-corrected chi connectivity index (χ0v) is 8.29. The maximum absolute atomic E-state index is 10.4. The highest BCUT2D eigenvalue weighted by molar-refractivity contribution is 7.10. The van der Waals surface area contributed by atoms with E-state index in [1.54, 1.807) is 6.08 Å². The van der Waals surface area contributed by atoms with E-state index in [9.17, 15) is 9.59 Å². The van der Waals surface area contributed by atoms with Crippen LogP contribution in [-0.2, 0) is 16.0 Å². The van der Waals surface area contributed by atoms with Crippen LogP contribution in [0, 0.1) is 0 Å². The molecule has 0 aliphatic carbocycles. The summed E-state index contributed by atoms with van der Waals surface area (Å²) in [4.78, 5) is 21.2. The molecule has 1 rings (SSSR count). The van der Waals surface area contributed by atoms with Crippen LogP contribution in [0.1, 0.15) is 16.9 Å². The number of carboxylic acid groups (broad SMARTS) is 1. The molecule has 74 valence electrons. The lowest BCUT2D eigenvalue weighted by atomic mass is 10.2. The molecule has 1 heterocycles. The molecule has 14 heavy (non-hydrogen) atoms. The first-order valence-corrected chi connectivity index (χ1v) is 4.99. The van der Waals surface area contributed by atoms with Gasteiger partial charge in [0.15, 0.2) is 0 Å². The first-order chi connectivity index (χ1) is 6.72. The first-order valence-electron chi connectivity index (χ1n) is 4.11. The van der Waals surface area contributed by atoms with Gasteiger partial charge < -0.3 is 9.90 Å². The summed E-state index contributed by atoms with van der Waals surface area (Å²) in [5.41, 5.74) is 0.952. The third-order valence-corrected chi connectivity index (χ3v) is 2.50. The maximum Gasteiger partial charge on any atom is 0.308 e. The number of carboxylic acids is 1. The first kappa shape index (κ1) is 10.7. The average Bonchev–Trinajstić information content (AvgIpc) is 2.52. The molecule has 1 aromatic heterocycles. The van der Waals surface area contributed by atoms with Crippen molar-refractivity contribution in [2.75, 3.05) is 0 Å². The predicted octanol–water partition coefficient (Wildman–Crippen LogP) is 1.98. The van der Waals surface area contributed by atoms with E-state index in [2.05, 4.69) is 0 Å². The number of hydrogen-bond donors (Lipinski definition) is 1. The molecule has 0 amide bonds. The Morgan fingerprint density at radius 1 is 1.57 bits per heavy atom. The summed E-state index contributed by atoms with van der Waals surface area (Å²) < 4.78 is 0. The Bertz CT molecular complexity index is 352. The Kier molecular flexibility index (Phi) is 4.07. The Morgan fingerprint density at radius 2 is 2.36 bits per heavy atom. The number of rotatable bonds is 5. The summed E-state index contributed by atoms with van der Waals surface area (Å²) in [5, 5.41) is 10.4. The summed E-state index contributed by atoms with van der Waals surface area (Å²) >= 11 is 1.42. The van der Waals surface area contributed by atoms with Gasteiger partial charge in [0.25, 0.3) is 0 Å². The largest absolute Gasteiger partial charge is 0.481 e. The van der Waals surface area contributed by atoms with E-state index in [1.807, 2.05) is 17.5 Å². The van der Waals surface area contributed by atoms with E-state index >= 15 is 0 Å². The Hall–Kier alpha value is -1.42. The number of aldehydes is 1. The van der Waals surface area contributed by atoms with Crippen molar-refractivity contribution < 1.29 is 14.7 Å². The minimum Gasteiger partial charge on any atom is -0.481 e. The highest BCUT2D eigenvalue weighted by Gasteiger charge is 2.02. The molecule has 3 nitrogen and oxygen atoms in total. The van der Waals surface area contributed by atoms with Gasteiger partial charge in [-0.15, -0.1) is 11.3 Å². The van der Waals surface area contributed by atoms with Crippen LogP contribution >= 0.6 is 11.3 Å². The lowest BCUT2D eigenvalue weighted by Crippen LogP contribution is -1.97. The lowest BCUT2D eigenvalue weighted by Gasteiger charge is -1.86. The molecule has 0 radical (unpaired) electrons. The Labute approximate surface area is 85.7 Å². The van der Waals surface area contributed by atoms with E-state index in [-0.39, 0.29) is 6.42 Å². The maximum atomic E-state index is 10.4. The topological polar surface area (TPSA) is 54.4 Å². The summed E-state index contributed by atoms with van der Waals surface area (Å²) in [7, 11) is 0. The second-order valence-electron chi connectivity index (χ2n) is 2.72. The molecular weight excluding hydrogens is 200 g/mol. The molecule has 0 unspecified atom stereocenters. The smallest absolute Gasteiger partial charge is 0.308 e. The van der Waals surface area contributed by atoms with Crippen molar-refractivity contribution >= 4 is 29.7 Å². The zero-order chi connectivity index (χ0) is 10.4. The fourth-order valence-corrected chi connectivity index (χ4v) is 1.83. The van der Waals surface area contributed by atoms with Gasteiger partial charge in [0.05, 0.1) is 6.42 Å². The lowest BCUT2D eigenvalue weighted by molar-refractivity contribution is -0.136. The number of allylic oxidation sites excluding steroid dienone is 1. The fraction of sp³-hybridized carbons (Fsp3) is 0.200. The molecule has 1 aromatic rings. The zero-order valence-electron chi connectivity index (χ0n) is 7.47. The van der Waals surface area contributed by atoms with Gasteiger partial charge in [-0.05, 0) is 17.0 Å². The Morgan fingerprint density at radius 3 is 3.00 bits per heavy atom. The standard InChI is InChI=1S/C10H10O3S/c11-4-2-1-3-8-5-9(14-7-8)6-10(12)13/h1,3-5,7H,2,6H2,(H,12,13). The van der Waals surface area contributed by atoms with Gasteiger partial charge in [-0.25, -0.2) is 0 Å². The number of aliphatic carboxylic acids is 1. The SMILES string of the molecule is O=CCC=Cc1csc(CC(=O)O)c1. The quantitative estimate of drug-likeness (QED) is 0.756. The van der Waals surface area contributed by atoms with Gasteiger partial charge in [0, 0.05) is 11.3 Å². The van der Waals surface area contributed by atoms with Crippen molar-refractivity contribution in [3.63, 3.8) is 0 Å². The predicted molar refractivity (Wildman–Crippen MR) is 55.4 cm³/mol. The molecule has 0 saturated carbocycles. The van der Waals surface area contributed by atoms with Crippen LogP contribution in [0.2, 0.25) is 0 Å². The number of thiophene rings is 1. The molecule has 0 saturated heterocycles. The molecule has 1 N–H and O–H groups in total. The second kappa shape index (κ2) is 5.34. The van der Waals surface area contributed by atoms with Gasteiger partial charge in [0.2, 0.25) is 0 Å². The molecule has 0 atom stereocenters. The Balaban J connectivity index is 2.58. The van der Waals surface area contributed by atoms with Crippen molar-refractivity contribution in [1.29, 1.82) is 0 Å². The monoisotopic (exact) mass is 210 g/mol. The van der Waals surface area contributed by atoms with Crippen LogP contribution in [0.5, 0.6) is 0 Å². The van der Waals surface area contributed by atoms with Crippen molar-refractivity contribution in [2.24, 2.45) is 0 Å².